The minimum atomic E-state index is -0.674. The molecule has 0 aromatic heterocycles. The van der Waals surface area contributed by atoms with Gasteiger partial charge in [-0.3, -0.25) is 5.32 Å². The highest BCUT2D eigenvalue weighted by atomic mass is 16.6. The van der Waals surface area contributed by atoms with Crippen molar-refractivity contribution in [1.29, 1.82) is 0 Å². The molecular formula is C16H21NO4. The molecule has 1 N–H and O–H groups in total. The molecule has 0 atom stereocenters. The summed E-state index contributed by atoms with van der Waals surface area (Å²) in [6.45, 7) is 2.20. The first-order chi connectivity index (χ1) is 10.2. The third-order valence-corrected chi connectivity index (χ3v) is 2.76. The average molecular weight is 291 g/mol. The Morgan fingerprint density at radius 2 is 1.95 bits per heavy atom. The fraction of sp³-hybridized carbons (Fsp3) is 0.375. The standard InChI is InChI=1S/C16H21NO4/c1-3-4-6-11-14(15(18)20-2)17-16(19)21-12-13-9-7-5-8-10-13/h5,7-11H,3-4,6,12H2,1-2H3,(H,17,19). The van der Waals surface area contributed by atoms with E-state index in [2.05, 4.69) is 10.1 Å². The molecule has 0 heterocycles. The summed E-state index contributed by atoms with van der Waals surface area (Å²) in [6.07, 6.45) is 3.61. The molecule has 1 amide bonds. The van der Waals surface area contributed by atoms with Crippen molar-refractivity contribution in [2.75, 3.05) is 7.11 Å². The molecule has 0 aliphatic heterocycles. The van der Waals surface area contributed by atoms with Gasteiger partial charge in [0.1, 0.15) is 12.3 Å². The summed E-state index contributed by atoms with van der Waals surface area (Å²) in [7, 11) is 1.27. The molecule has 0 radical (unpaired) electrons. The van der Waals surface area contributed by atoms with Crippen molar-refractivity contribution in [3.63, 3.8) is 0 Å². The van der Waals surface area contributed by atoms with Crippen molar-refractivity contribution in [2.45, 2.75) is 32.8 Å². The van der Waals surface area contributed by atoms with Crippen LogP contribution in [0.1, 0.15) is 31.7 Å². The van der Waals surface area contributed by atoms with Crippen LogP contribution in [0.25, 0.3) is 0 Å². The Balaban J connectivity index is 2.51. The lowest BCUT2D eigenvalue weighted by atomic mass is 10.2. The number of ether oxygens (including phenoxy) is 2. The normalized spacial score (nSPS) is 10.9. The Hall–Kier alpha value is -2.30. The van der Waals surface area contributed by atoms with Gasteiger partial charge in [-0.15, -0.1) is 0 Å². The van der Waals surface area contributed by atoms with Crippen LogP contribution in [0.2, 0.25) is 0 Å². The van der Waals surface area contributed by atoms with Gasteiger partial charge >= 0.3 is 12.1 Å². The second kappa shape index (κ2) is 9.58. The van der Waals surface area contributed by atoms with E-state index in [-0.39, 0.29) is 12.3 Å². The number of benzene rings is 1. The highest BCUT2D eigenvalue weighted by molar-refractivity contribution is 5.92. The molecule has 0 aliphatic carbocycles. The molecule has 0 saturated carbocycles. The van der Waals surface area contributed by atoms with Crippen LogP contribution in [0.3, 0.4) is 0 Å². The van der Waals surface area contributed by atoms with E-state index < -0.39 is 12.1 Å². The van der Waals surface area contributed by atoms with Gasteiger partial charge in [0.2, 0.25) is 0 Å². The molecule has 0 bridgehead atoms. The monoisotopic (exact) mass is 291 g/mol. The van der Waals surface area contributed by atoms with Crippen LogP contribution in [0, 0.1) is 0 Å². The third kappa shape index (κ3) is 6.61. The topological polar surface area (TPSA) is 64.6 Å². The number of alkyl carbamates (subject to hydrolysis) is 1. The number of rotatable bonds is 7. The van der Waals surface area contributed by atoms with Crippen LogP contribution in [0.4, 0.5) is 4.79 Å². The molecule has 0 fully saturated rings. The van der Waals surface area contributed by atoms with Crippen LogP contribution in [0.5, 0.6) is 0 Å². The molecule has 5 nitrogen and oxygen atoms in total. The number of amides is 1. The minimum Gasteiger partial charge on any atom is -0.464 e. The third-order valence-electron chi connectivity index (χ3n) is 2.76. The summed E-state index contributed by atoms with van der Waals surface area (Å²) in [4.78, 5) is 23.3. The summed E-state index contributed by atoms with van der Waals surface area (Å²) in [6, 6.07) is 9.31. The van der Waals surface area contributed by atoms with E-state index in [0.717, 1.165) is 18.4 Å². The maximum atomic E-state index is 11.7. The lowest BCUT2D eigenvalue weighted by Gasteiger charge is -2.09. The molecule has 1 aromatic rings. The van der Waals surface area contributed by atoms with Crippen molar-refractivity contribution in [2.24, 2.45) is 0 Å². The Labute approximate surface area is 124 Å². The Kier molecular flexibility index (Phi) is 7.64. The van der Waals surface area contributed by atoms with Gasteiger partial charge in [0, 0.05) is 0 Å². The van der Waals surface area contributed by atoms with E-state index in [0.29, 0.717) is 6.42 Å². The van der Waals surface area contributed by atoms with Crippen LogP contribution in [0.15, 0.2) is 42.1 Å². The molecule has 5 heteroatoms. The Morgan fingerprint density at radius 3 is 2.57 bits per heavy atom. The number of carbonyl (C=O) groups is 2. The van der Waals surface area contributed by atoms with E-state index in [1.807, 2.05) is 37.3 Å². The number of esters is 1. The van der Waals surface area contributed by atoms with Crippen molar-refractivity contribution >= 4 is 12.1 Å². The van der Waals surface area contributed by atoms with Crippen LogP contribution < -0.4 is 5.32 Å². The first-order valence-electron chi connectivity index (χ1n) is 6.93. The van der Waals surface area contributed by atoms with Gasteiger partial charge < -0.3 is 9.47 Å². The smallest absolute Gasteiger partial charge is 0.412 e. The zero-order valence-corrected chi connectivity index (χ0v) is 12.4. The van der Waals surface area contributed by atoms with E-state index >= 15 is 0 Å². The molecule has 0 saturated heterocycles. The van der Waals surface area contributed by atoms with Crippen molar-refractivity contribution in [3.8, 4) is 0 Å². The summed E-state index contributed by atoms with van der Waals surface area (Å²) in [5.74, 6) is -0.581. The summed E-state index contributed by atoms with van der Waals surface area (Å²) >= 11 is 0. The number of allylic oxidation sites excluding steroid dienone is 1. The number of hydrogen-bond donors (Lipinski definition) is 1. The predicted molar refractivity (Wildman–Crippen MR) is 79.4 cm³/mol. The largest absolute Gasteiger partial charge is 0.464 e. The van der Waals surface area contributed by atoms with Gasteiger partial charge in [-0.05, 0) is 18.4 Å². The van der Waals surface area contributed by atoms with Crippen molar-refractivity contribution in [1.82, 2.24) is 5.32 Å². The molecule has 21 heavy (non-hydrogen) atoms. The molecule has 0 unspecified atom stereocenters. The quantitative estimate of drug-likeness (QED) is 0.476. The average Bonchev–Trinajstić information content (AvgIpc) is 2.52. The molecule has 1 aromatic carbocycles. The van der Waals surface area contributed by atoms with Gasteiger partial charge in [0.25, 0.3) is 0 Å². The highest BCUT2D eigenvalue weighted by Gasteiger charge is 2.13. The molecule has 0 aliphatic rings. The molecular weight excluding hydrogens is 270 g/mol. The zero-order valence-electron chi connectivity index (χ0n) is 12.4. The van der Waals surface area contributed by atoms with Crippen molar-refractivity contribution in [3.05, 3.63) is 47.7 Å². The van der Waals surface area contributed by atoms with Crippen molar-refractivity contribution < 1.29 is 19.1 Å². The maximum Gasteiger partial charge on any atom is 0.412 e. The number of methoxy groups -OCH3 is 1. The summed E-state index contributed by atoms with van der Waals surface area (Å²) < 4.78 is 9.69. The van der Waals surface area contributed by atoms with E-state index in [4.69, 9.17) is 4.74 Å². The van der Waals surface area contributed by atoms with Gasteiger partial charge in [0.05, 0.1) is 7.11 Å². The van der Waals surface area contributed by atoms with Gasteiger partial charge in [-0.25, -0.2) is 9.59 Å². The lowest BCUT2D eigenvalue weighted by molar-refractivity contribution is -0.136. The van der Waals surface area contributed by atoms with Crippen LogP contribution in [-0.2, 0) is 20.9 Å². The number of nitrogens with one attached hydrogen (secondary N) is 1. The zero-order chi connectivity index (χ0) is 15.5. The Bertz CT molecular complexity index is 482. The fourth-order valence-corrected chi connectivity index (χ4v) is 1.62. The van der Waals surface area contributed by atoms with E-state index in [1.54, 1.807) is 6.08 Å². The van der Waals surface area contributed by atoms with Crippen LogP contribution in [-0.4, -0.2) is 19.2 Å². The van der Waals surface area contributed by atoms with Gasteiger partial charge in [0.15, 0.2) is 0 Å². The summed E-state index contributed by atoms with van der Waals surface area (Å²) in [5.41, 5.74) is 0.992. The second-order valence-electron chi connectivity index (χ2n) is 4.44. The van der Waals surface area contributed by atoms with E-state index in [9.17, 15) is 9.59 Å². The van der Waals surface area contributed by atoms with E-state index in [1.165, 1.54) is 7.11 Å². The summed E-state index contributed by atoms with van der Waals surface area (Å²) in [5, 5.41) is 2.42. The van der Waals surface area contributed by atoms with Gasteiger partial charge in [-0.2, -0.15) is 0 Å². The second-order valence-corrected chi connectivity index (χ2v) is 4.44. The first-order valence-corrected chi connectivity index (χ1v) is 6.93. The SMILES string of the molecule is CCCCC=C(NC(=O)OCc1ccccc1)C(=O)OC. The van der Waals surface area contributed by atoms with Crippen LogP contribution >= 0.6 is 0 Å². The number of unbranched alkanes of at least 4 members (excludes halogenated alkanes) is 2. The molecule has 0 spiro atoms. The predicted octanol–water partition coefficient (Wildman–Crippen LogP) is 3.16. The maximum absolute atomic E-state index is 11.7. The minimum absolute atomic E-state index is 0.115. The lowest BCUT2D eigenvalue weighted by Crippen LogP contribution is -2.28. The number of carbonyl (C=O) groups excluding carboxylic acids is 2. The highest BCUT2D eigenvalue weighted by Crippen LogP contribution is 2.04. The fourth-order valence-electron chi connectivity index (χ4n) is 1.62. The Morgan fingerprint density at radius 1 is 1.24 bits per heavy atom. The molecule has 1 rings (SSSR count). The van der Waals surface area contributed by atoms with Gasteiger partial charge in [-0.1, -0.05) is 49.8 Å². The number of hydrogen-bond acceptors (Lipinski definition) is 4. The molecule has 114 valence electrons. The first kappa shape index (κ1) is 16.8.